The monoisotopic (exact) mass is 345 g/mol. The number of rotatable bonds is 10. The van der Waals surface area contributed by atoms with Crippen molar-refractivity contribution < 1.29 is 19.3 Å². The van der Waals surface area contributed by atoms with Gasteiger partial charge in [-0.2, -0.15) is 0 Å². The predicted molar refractivity (Wildman–Crippen MR) is 99.5 cm³/mol. The second-order valence-corrected chi connectivity index (χ2v) is 5.91. The molecule has 0 saturated carbocycles. The highest BCUT2D eigenvalue weighted by Crippen LogP contribution is 2.25. The van der Waals surface area contributed by atoms with Crippen LogP contribution in [0.2, 0.25) is 0 Å². The summed E-state index contributed by atoms with van der Waals surface area (Å²) in [7, 11) is 5.63. The molecule has 2 aromatic rings. The van der Waals surface area contributed by atoms with Gasteiger partial charge >= 0.3 is 0 Å². The van der Waals surface area contributed by atoms with Crippen LogP contribution in [-0.2, 0) is 9.47 Å². The highest BCUT2D eigenvalue weighted by molar-refractivity contribution is 5.47. The van der Waals surface area contributed by atoms with Gasteiger partial charge in [-0.25, -0.2) is 0 Å². The predicted octanol–water partition coefficient (Wildman–Crippen LogP) is 2.88. The highest BCUT2D eigenvalue weighted by Gasteiger charge is 2.10. The zero-order chi connectivity index (χ0) is 18.1. The van der Waals surface area contributed by atoms with Crippen LogP contribution in [0.4, 0.5) is 5.69 Å². The lowest BCUT2D eigenvalue weighted by molar-refractivity contribution is 0.0544. The van der Waals surface area contributed by atoms with Crippen LogP contribution in [0.15, 0.2) is 48.5 Å². The van der Waals surface area contributed by atoms with Crippen molar-refractivity contribution in [3.8, 4) is 5.75 Å². The average Bonchev–Trinajstić information content (AvgIpc) is 2.64. The molecule has 0 fully saturated rings. The van der Waals surface area contributed by atoms with E-state index in [-0.39, 0.29) is 0 Å². The molecule has 0 aromatic heterocycles. The smallest absolute Gasteiger partial charge is 0.119 e. The molecule has 25 heavy (non-hydrogen) atoms. The van der Waals surface area contributed by atoms with Gasteiger partial charge < -0.3 is 24.2 Å². The first-order valence-electron chi connectivity index (χ1n) is 8.36. The second kappa shape index (κ2) is 10.0. The molecular formula is C20H27NO4. The first-order chi connectivity index (χ1) is 12.1. The van der Waals surface area contributed by atoms with Gasteiger partial charge in [0.1, 0.15) is 18.5 Å². The summed E-state index contributed by atoms with van der Waals surface area (Å²) >= 11 is 0. The SMILES string of the molecule is COCCOCCOc1ccc(C(O)c2ccc(N(C)C)cc2)cc1. The van der Waals surface area contributed by atoms with Crippen molar-refractivity contribution in [2.75, 3.05) is 52.5 Å². The average molecular weight is 345 g/mol. The molecule has 5 nitrogen and oxygen atoms in total. The molecule has 0 bridgehead atoms. The summed E-state index contributed by atoms with van der Waals surface area (Å²) in [5, 5.41) is 10.5. The van der Waals surface area contributed by atoms with E-state index in [2.05, 4.69) is 0 Å². The van der Waals surface area contributed by atoms with Crippen molar-refractivity contribution in [2.45, 2.75) is 6.10 Å². The van der Waals surface area contributed by atoms with E-state index in [1.54, 1.807) is 7.11 Å². The minimum absolute atomic E-state index is 0.484. The molecule has 0 spiro atoms. The number of hydrogen-bond donors (Lipinski definition) is 1. The van der Waals surface area contributed by atoms with E-state index >= 15 is 0 Å². The van der Waals surface area contributed by atoms with Gasteiger partial charge in [-0.1, -0.05) is 24.3 Å². The molecule has 136 valence electrons. The molecular weight excluding hydrogens is 318 g/mol. The number of methoxy groups -OCH3 is 1. The molecule has 0 amide bonds. The quantitative estimate of drug-likeness (QED) is 0.671. The van der Waals surface area contributed by atoms with E-state index in [9.17, 15) is 5.11 Å². The Morgan fingerprint density at radius 3 is 1.96 bits per heavy atom. The van der Waals surface area contributed by atoms with E-state index in [0.29, 0.717) is 26.4 Å². The Balaban J connectivity index is 1.86. The second-order valence-electron chi connectivity index (χ2n) is 5.91. The molecule has 0 heterocycles. The summed E-state index contributed by atoms with van der Waals surface area (Å²) in [6.45, 7) is 2.16. The van der Waals surface area contributed by atoms with Gasteiger partial charge in [0.25, 0.3) is 0 Å². The standard InChI is InChI=1S/C20H27NO4/c1-21(2)18-8-4-16(5-9-18)20(22)17-6-10-19(11-7-17)25-15-14-24-13-12-23-3/h4-11,20,22H,12-15H2,1-3H3. The summed E-state index contributed by atoms with van der Waals surface area (Å²) in [5.41, 5.74) is 2.81. The van der Waals surface area contributed by atoms with Crippen LogP contribution in [0.5, 0.6) is 5.75 Å². The van der Waals surface area contributed by atoms with Gasteiger partial charge in [0.05, 0.1) is 19.8 Å². The molecule has 1 atom stereocenters. The van der Waals surface area contributed by atoms with Gasteiger partial charge in [0.2, 0.25) is 0 Å². The molecule has 0 aliphatic rings. The maximum Gasteiger partial charge on any atom is 0.119 e. The van der Waals surface area contributed by atoms with E-state index in [1.165, 1.54) is 0 Å². The Morgan fingerprint density at radius 1 is 0.840 bits per heavy atom. The Morgan fingerprint density at radius 2 is 1.40 bits per heavy atom. The van der Waals surface area contributed by atoms with Crippen LogP contribution in [0.1, 0.15) is 17.2 Å². The van der Waals surface area contributed by atoms with Gasteiger partial charge in [-0.3, -0.25) is 0 Å². The molecule has 1 N–H and O–H groups in total. The molecule has 5 heteroatoms. The van der Waals surface area contributed by atoms with E-state index < -0.39 is 6.10 Å². The Kier molecular flexibility index (Phi) is 7.73. The fraction of sp³-hybridized carbons (Fsp3) is 0.400. The molecule has 0 saturated heterocycles. The van der Waals surface area contributed by atoms with Crippen LogP contribution in [-0.4, -0.2) is 52.7 Å². The minimum atomic E-state index is -0.650. The van der Waals surface area contributed by atoms with Crippen molar-refractivity contribution in [2.24, 2.45) is 0 Å². The van der Waals surface area contributed by atoms with E-state index in [0.717, 1.165) is 22.6 Å². The van der Waals surface area contributed by atoms with Gasteiger partial charge in [0, 0.05) is 26.9 Å². The van der Waals surface area contributed by atoms with Crippen LogP contribution in [0.3, 0.4) is 0 Å². The third kappa shape index (κ3) is 6.05. The number of anilines is 1. The summed E-state index contributed by atoms with van der Waals surface area (Å²) in [5.74, 6) is 0.759. The number of nitrogens with zero attached hydrogens (tertiary/aromatic N) is 1. The van der Waals surface area contributed by atoms with Crippen molar-refractivity contribution in [3.63, 3.8) is 0 Å². The zero-order valence-corrected chi connectivity index (χ0v) is 15.1. The van der Waals surface area contributed by atoms with E-state index in [4.69, 9.17) is 14.2 Å². The summed E-state index contributed by atoms with van der Waals surface area (Å²) in [6, 6.07) is 15.4. The Labute approximate surface area is 149 Å². The number of aliphatic hydroxyl groups excluding tert-OH is 1. The minimum Gasteiger partial charge on any atom is -0.491 e. The van der Waals surface area contributed by atoms with Crippen LogP contribution in [0.25, 0.3) is 0 Å². The largest absolute Gasteiger partial charge is 0.491 e. The Bertz CT molecular complexity index is 611. The normalized spacial score (nSPS) is 12.0. The topological polar surface area (TPSA) is 51.2 Å². The Hall–Kier alpha value is -2.08. The number of ether oxygens (including phenoxy) is 3. The maximum atomic E-state index is 10.5. The van der Waals surface area contributed by atoms with Gasteiger partial charge in [0.15, 0.2) is 0 Å². The van der Waals surface area contributed by atoms with Gasteiger partial charge in [-0.15, -0.1) is 0 Å². The maximum absolute atomic E-state index is 10.5. The molecule has 0 aliphatic carbocycles. The number of benzene rings is 2. The molecule has 0 aliphatic heterocycles. The van der Waals surface area contributed by atoms with E-state index in [1.807, 2.05) is 67.5 Å². The molecule has 0 radical (unpaired) electrons. The van der Waals surface area contributed by atoms with Gasteiger partial charge in [-0.05, 0) is 35.4 Å². The van der Waals surface area contributed by atoms with Crippen molar-refractivity contribution >= 4 is 5.69 Å². The van der Waals surface area contributed by atoms with Crippen LogP contribution in [0, 0.1) is 0 Å². The molecule has 2 aromatic carbocycles. The van der Waals surface area contributed by atoms with Crippen molar-refractivity contribution in [3.05, 3.63) is 59.7 Å². The third-order valence-corrected chi connectivity index (χ3v) is 3.85. The lowest BCUT2D eigenvalue weighted by Crippen LogP contribution is -2.10. The highest BCUT2D eigenvalue weighted by atomic mass is 16.5. The lowest BCUT2D eigenvalue weighted by Gasteiger charge is -2.16. The molecule has 2 rings (SSSR count). The van der Waals surface area contributed by atoms with Crippen LogP contribution < -0.4 is 9.64 Å². The van der Waals surface area contributed by atoms with Crippen molar-refractivity contribution in [1.29, 1.82) is 0 Å². The third-order valence-electron chi connectivity index (χ3n) is 3.85. The number of aliphatic hydroxyl groups is 1. The lowest BCUT2D eigenvalue weighted by atomic mass is 10.0. The summed E-state index contributed by atoms with van der Waals surface area (Å²) in [4.78, 5) is 2.03. The number of hydrogen-bond acceptors (Lipinski definition) is 5. The first kappa shape index (κ1) is 19.2. The van der Waals surface area contributed by atoms with Crippen molar-refractivity contribution in [1.82, 2.24) is 0 Å². The fourth-order valence-electron chi connectivity index (χ4n) is 2.36. The molecule has 1 unspecified atom stereocenters. The van der Waals surface area contributed by atoms with Crippen LogP contribution >= 0.6 is 0 Å². The first-order valence-corrected chi connectivity index (χ1v) is 8.36. The zero-order valence-electron chi connectivity index (χ0n) is 15.1. The summed E-state index contributed by atoms with van der Waals surface area (Å²) in [6.07, 6.45) is -0.650. The fourth-order valence-corrected chi connectivity index (χ4v) is 2.36. The summed E-state index contributed by atoms with van der Waals surface area (Å²) < 4.78 is 15.9.